The number of aromatic nitrogens is 2. The maximum absolute atomic E-state index is 6.58. The molecular formula is C17H31N3O. The lowest BCUT2D eigenvalue weighted by molar-refractivity contribution is -0.0784. The molecule has 21 heavy (non-hydrogen) atoms. The highest BCUT2D eigenvalue weighted by atomic mass is 16.5. The van der Waals surface area contributed by atoms with Gasteiger partial charge < -0.3 is 10.5 Å². The van der Waals surface area contributed by atoms with Gasteiger partial charge in [0.05, 0.1) is 11.3 Å². The van der Waals surface area contributed by atoms with E-state index < -0.39 is 0 Å². The van der Waals surface area contributed by atoms with Gasteiger partial charge >= 0.3 is 0 Å². The number of nitrogens with zero attached hydrogens (tertiary/aromatic N) is 2. The predicted molar refractivity (Wildman–Crippen MR) is 86.3 cm³/mol. The number of ether oxygens (including phenoxy) is 1. The number of hydrogen-bond donors (Lipinski definition) is 1. The Kier molecular flexibility index (Phi) is 4.79. The van der Waals surface area contributed by atoms with Crippen LogP contribution in [0, 0.1) is 12.3 Å². The third kappa shape index (κ3) is 3.49. The summed E-state index contributed by atoms with van der Waals surface area (Å²) in [6, 6.07) is 2.18. The van der Waals surface area contributed by atoms with Gasteiger partial charge in [-0.3, -0.25) is 4.68 Å². The van der Waals surface area contributed by atoms with Crippen LogP contribution in [0.5, 0.6) is 0 Å². The molecule has 1 aliphatic rings. The number of methoxy groups -OCH3 is 1. The summed E-state index contributed by atoms with van der Waals surface area (Å²) in [4.78, 5) is 0. The van der Waals surface area contributed by atoms with Gasteiger partial charge in [-0.1, -0.05) is 13.8 Å². The Morgan fingerprint density at radius 2 is 1.95 bits per heavy atom. The van der Waals surface area contributed by atoms with Crippen molar-refractivity contribution in [1.82, 2.24) is 9.78 Å². The molecule has 1 unspecified atom stereocenters. The monoisotopic (exact) mass is 293 g/mol. The van der Waals surface area contributed by atoms with Gasteiger partial charge in [0.25, 0.3) is 0 Å². The first kappa shape index (κ1) is 16.5. The fraction of sp³-hybridized carbons (Fsp3) is 0.824. The van der Waals surface area contributed by atoms with Crippen molar-refractivity contribution in [3.8, 4) is 0 Å². The van der Waals surface area contributed by atoms with Crippen molar-refractivity contribution in [3.05, 3.63) is 17.5 Å². The molecule has 1 heterocycles. The van der Waals surface area contributed by atoms with Crippen molar-refractivity contribution in [2.75, 3.05) is 7.11 Å². The van der Waals surface area contributed by atoms with E-state index in [2.05, 4.69) is 36.6 Å². The molecule has 1 aromatic heterocycles. The van der Waals surface area contributed by atoms with Gasteiger partial charge in [-0.15, -0.1) is 0 Å². The smallest absolute Gasteiger partial charge is 0.0833 e. The largest absolute Gasteiger partial charge is 0.377 e. The van der Waals surface area contributed by atoms with Crippen LogP contribution < -0.4 is 5.73 Å². The van der Waals surface area contributed by atoms with E-state index in [9.17, 15) is 0 Å². The van der Waals surface area contributed by atoms with E-state index in [1.54, 1.807) is 0 Å². The number of nitrogens with two attached hydrogens (primary N) is 1. The summed E-state index contributed by atoms with van der Waals surface area (Å²) in [6.45, 7) is 9.73. The van der Waals surface area contributed by atoms with Crippen molar-refractivity contribution in [1.29, 1.82) is 0 Å². The highest BCUT2D eigenvalue weighted by Gasteiger charge is 2.43. The van der Waals surface area contributed by atoms with Gasteiger partial charge in [-0.2, -0.15) is 5.10 Å². The van der Waals surface area contributed by atoms with Crippen LogP contribution in [0.25, 0.3) is 0 Å². The summed E-state index contributed by atoms with van der Waals surface area (Å²) in [5, 5.41) is 4.52. The molecule has 1 aliphatic carbocycles. The molecule has 4 heteroatoms. The molecule has 0 radical (unpaired) electrons. The van der Waals surface area contributed by atoms with Crippen LogP contribution in [-0.2, 0) is 17.7 Å². The standard InChI is InChI=1S/C17H31N3O/c1-6-20-14(11-13(2)19-20)12-15(18)17(21-5)9-7-16(3,4)8-10-17/h11,15H,6-10,12,18H2,1-5H3. The van der Waals surface area contributed by atoms with Crippen molar-refractivity contribution in [3.63, 3.8) is 0 Å². The number of hydrogen-bond acceptors (Lipinski definition) is 3. The zero-order chi connectivity index (χ0) is 15.7. The van der Waals surface area contributed by atoms with Crippen LogP contribution in [0.2, 0.25) is 0 Å². The third-order valence-corrected chi connectivity index (χ3v) is 5.25. The summed E-state index contributed by atoms with van der Waals surface area (Å²) >= 11 is 0. The molecule has 1 saturated carbocycles. The SMILES string of the molecule is CCn1nc(C)cc1CC(N)C1(OC)CCC(C)(C)CC1. The molecule has 1 fully saturated rings. The van der Waals surface area contributed by atoms with Crippen LogP contribution in [0.1, 0.15) is 57.8 Å². The minimum atomic E-state index is -0.174. The average molecular weight is 293 g/mol. The molecule has 0 aliphatic heterocycles. The van der Waals surface area contributed by atoms with Gasteiger partial charge in [0, 0.05) is 31.8 Å². The van der Waals surface area contributed by atoms with Crippen LogP contribution in [0.15, 0.2) is 6.07 Å². The first-order valence-corrected chi connectivity index (χ1v) is 8.16. The summed E-state index contributed by atoms with van der Waals surface area (Å²) in [5.41, 5.74) is 9.12. The van der Waals surface area contributed by atoms with Crippen molar-refractivity contribution < 1.29 is 4.74 Å². The molecule has 1 aromatic rings. The van der Waals surface area contributed by atoms with E-state index in [0.717, 1.165) is 31.5 Å². The van der Waals surface area contributed by atoms with Crippen molar-refractivity contribution >= 4 is 0 Å². The minimum absolute atomic E-state index is 0.0278. The lowest BCUT2D eigenvalue weighted by Gasteiger charge is -2.46. The highest BCUT2D eigenvalue weighted by Crippen LogP contribution is 2.43. The molecule has 0 amide bonds. The maximum atomic E-state index is 6.58. The Morgan fingerprint density at radius 1 is 1.33 bits per heavy atom. The molecule has 0 aromatic carbocycles. The Hall–Kier alpha value is -0.870. The average Bonchev–Trinajstić information content (AvgIpc) is 2.79. The second-order valence-electron chi connectivity index (χ2n) is 7.34. The zero-order valence-electron chi connectivity index (χ0n) is 14.3. The Labute approximate surface area is 129 Å². The van der Waals surface area contributed by atoms with Crippen molar-refractivity contribution in [2.24, 2.45) is 11.1 Å². The second kappa shape index (κ2) is 6.09. The Morgan fingerprint density at radius 3 is 2.48 bits per heavy atom. The lowest BCUT2D eigenvalue weighted by Crippen LogP contribution is -2.53. The maximum Gasteiger partial charge on any atom is 0.0833 e. The van der Waals surface area contributed by atoms with Crippen LogP contribution in [-0.4, -0.2) is 28.5 Å². The Bertz CT molecular complexity index is 468. The summed E-state index contributed by atoms with van der Waals surface area (Å²) in [5.74, 6) is 0. The summed E-state index contributed by atoms with van der Waals surface area (Å²) in [6.07, 6.45) is 5.30. The van der Waals surface area contributed by atoms with E-state index >= 15 is 0 Å². The van der Waals surface area contributed by atoms with E-state index in [0.29, 0.717) is 5.41 Å². The Balaban J connectivity index is 2.12. The van der Waals surface area contributed by atoms with E-state index in [1.165, 1.54) is 18.5 Å². The van der Waals surface area contributed by atoms with Crippen molar-refractivity contribution in [2.45, 2.75) is 78.0 Å². The number of rotatable bonds is 5. The predicted octanol–water partition coefficient (Wildman–Crippen LogP) is 3.07. The third-order valence-electron chi connectivity index (χ3n) is 5.25. The van der Waals surface area contributed by atoms with Gasteiger partial charge in [0.15, 0.2) is 0 Å². The summed E-state index contributed by atoms with van der Waals surface area (Å²) in [7, 11) is 1.82. The topological polar surface area (TPSA) is 53.1 Å². The normalized spacial score (nSPS) is 22.2. The molecule has 2 N–H and O–H groups in total. The van der Waals surface area contributed by atoms with Gasteiger partial charge in [-0.05, 0) is 51.0 Å². The molecule has 1 atom stereocenters. The fourth-order valence-corrected chi connectivity index (χ4v) is 3.52. The van der Waals surface area contributed by atoms with Crippen LogP contribution >= 0.6 is 0 Å². The van der Waals surface area contributed by atoms with E-state index in [1.807, 2.05) is 14.0 Å². The lowest BCUT2D eigenvalue weighted by atomic mass is 9.68. The van der Waals surface area contributed by atoms with Gasteiger partial charge in [-0.25, -0.2) is 0 Å². The minimum Gasteiger partial charge on any atom is -0.377 e. The molecular weight excluding hydrogens is 262 g/mol. The van der Waals surface area contributed by atoms with Gasteiger partial charge in [0.1, 0.15) is 0 Å². The highest BCUT2D eigenvalue weighted by molar-refractivity contribution is 5.13. The van der Waals surface area contributed by atoms with Crippen LogP contribution in [0.3, 0.4) is 0 Å². The molecule has 0 bridgehead atoms. The quantitative estimate of drug-likeness (QED) is 0.907. The van der Waals surface area contributed by atoms with Gasteiger partial charge in [0.2, 0.25) is 0 Å². The first-order valence-electron chi connectivity index (χ1n) is 8.16. The van der Waals surface area contributed by atoms with E-state index in [-0.39, 0.29) is 11.6 Å². The van der Waals surface area contributed by atoms with Crippen LogP contribution in [0.4, 0.5) is 0 Å². The molecule has 4 nitrogen and oxygen atoms in total. The fourth-order valence-electron chi connectivity index (χ4n) is 3.52. The number of aryl methyl sites for hydroxylation is 2. The first-order chi connectivity index (χ1) is 9.82. The molecule has 0 saturated heterocycles. The zero-order valence-corrected chi connectivity index (χ0v) is 14.3. The molecule has 120 valence electrons. The van der Waals surface area contributed by atoms with E-state index in [4.69, 9.17) is 10.5 Å². The molecule has 0 spiro atoms. The molecule has 2 rings (SSSR count). The summed E-state index contributed by atoms with van der Waals surface area (Å²) < 4.78 is 7.99. The second-order valence-corrected chi connectivity index (χ2v) is 7.34.